The molecule has 0 radical (unpaired) electrons. The van der Waals surface area contributed by atoms with Crippen LogP contribution in [0, 0.1) is 5.82 Å². The maximum absolute atomic E-state index is 13.1. The van der Waals surface area contributed by atoms with Crippen molar-refractivity contribution in [3.05, 3.63) is 72.0 Å². The van der Waals surface area contributed by atoms with Crippen molar-refractivity contribution in [3.8, 4) is 11.6 Å². The zero-order chi connectivity index (χ0) is 22.3. The Bertz CT molecular complexity index is 1050. The molecule has 8 heteroatoms. The van der Waals surface area contributed by atoms with E-state index in [4.69, 9.17) is 21.9 Å². The maximum atomic E-state index is 13.1. The number of thiocarbonyl (C=S) groups is 1. The molecular formula is C24H26FN5OS. The Balaban J connectivity index is 1.51. The summed E-state index contributed by atoms with van der Waals surface area (Å²) >= 11 is 5.43. The van der Waals surface area contributed by atoms with Crippen LogP contribution in [0.3, 0.4) is 0 Å². The molecule has 0 unspecified atom stereocenters. The van der Waals surface area contributed by atoms with E-state index in [9.17, 15) is 4.39 Å². The minimum absolute atomic E-state index is 0.266. The van der Waals surface area contributed by atoms with Gasteiger partial charge in [0.25, 0.3) is 0 Å². The van der Waals surface area contributed by atoms with Crippen LogP contribution in [0.2, 0.25) is 0 Å². The molecule has 32 heavy (non-hydrogen) atoms. The normalized spacial score (nSPS) is 15.8. The lowest BCUT2D eigenvalue weighted by Gasteiger charge is -2.34. The van der Waals surface area contributed by atoms with Gasteiger partial charge < -0.3 is 20.3 Å². The van der Waals surface area contributed by atoms with Crippen molar-refractivity contribution >= 4 is 29.1 Å². The third kappa shape index (κ3) is 5.91. The fourth-order valence-electron chi connectivity index (χ4n) is 3.65. The van der Waals surface area contributed by atoms with Gasteiger partial charge in [0, 0.05) is 25.2 Å². The van der Waals surface area contributed by atoms with Crippen LogP contribution >= 0.6 is 12.2 Å². The average Bonchev–Trinajstić information content (AvgIpc) is 2.79. The van der Waals surface area contributed by atoms with Crippen LogP contribution in [0.1, 0.15) is 31.7 Å². The van der Waals surface area contributed by atoms with E-state index in [0.29, 0.717) is 35.3 Å². The molecule has 1 aliphatic heterocycles. The van der Waals surface area contributed by atoms with Crippen molar-refractivity contribution < 1.29 is 9.13 Å². The number of ether oxygens (including phenoxy) is 1. The Morgan fingerprint density at radius 2 is 1.91 bits per heavy atom. The summed E-state index contributed by atoms with van der Waals surface area (Å²) in [6.07, 6.45) is 3.47. The number of nitrogens with one attached hydrogen (secondary N) is 2. The topological polar surface area (TPSA) is 62.3 Å². The van der Waals surface area contributed by atoms with Crippen LogP contribution in [0.15, 0.2) is 60.7 Å². The molecule has 0 amide bonds. The Hall–Kier alpha value is -3.26. The predicted octanol–water partition coefficient (Wildman–Crippen LogP) is 5.27. The van der Waals surface area contributed by atoms with Gasteiger partial charge in [-0.2, -0.15) is 9.97 Å². The van der Waals surface area contributed by atoms with Gasteiger partial charge in [-0.25, -0.2) is 4.39 Å². The number of nitrogens with zero attached hydrogens (tertiary/aromatic N) is 3. The first-order valence-electron chi connectivity index (χ1n) is 10.7. The quantitative estimate of drug-likeness (QED) is 0.495. The molecule has 1 atom stereocenters. The van der Waals surface area contributed by atoms with Gasteiger partial charge in [0.1, 0.15) is 17.4 Å². The van der Waals surface area contributed by atoms with Gasteiger partial charge in [0.15, 0.2) is 5.11 Å². The summed E-state index contributed by atoms with van der Waals surface area (Å²) in [6.45, 7) is 3.61. The number of aromatic nitrogens is 2. The van der Waals surface area contributed by atoms with Crippen molar-refractivity contribution in [2.75, 3.05) is 16.8 Å². The van der Waals surface area contributed by atoms with Gasteiger partial charge in [0.05, 0.1) is 0 Å². The monoisotopic (exact) mass is 451 g/mol. The van der Waals surface area contributed by atoms with Crippen LogP contribution in [-0.4, -0.2) is 27.7 Å². The standard InChI is InChI=1S/C24H26FN5OS/c1-17-7-5-6-14-30(17)21-15-22(31-20-8-3-2-4-9-20)28-23(27-21)29-24(32)26-16-18-10-12-19(25)13-11-18/h2-4,8-13,15,17H,5-7,14,16H2,1H3,(H2,26,27,28,29,32)/t17-/m0/s1. The van der Waals surface area contributed by atoms with Crippen LogP contribution in [0.4, 0.5) is 16.2 Å². The first-order chi connectivity index (χ1) is 15.6. The van der Waals surface area contributed by atoms with Gasteiger partial charge >= 0.3 is 0 Å². The largest absolute Gasteiger partial charge is 0.439 e. The van der Waals surface area contributed by atoms with Gasteiger partial charge in [-0.05, 0) is 68.2 Å². The van der Waals surface area contributed by atoms with Crippen LogP contribution < -0.4 is 20.3 Å². The molecule has 6 nitrogen and oxygen atoms in total. The predicted molar refractivity (Wildman–Crippen MR) is 129 cm³/mol. The van der Waals surface area contributed by atoms with E-state index in [1.165, 1.54) is 18.6 Å². The van der Waals surface area contributed by atoms with E-state index in [-0.39, 0.29) is 5.82 Å². The summed E-state index contributed by atoms with van der Waals surface area (Å²) in [4.78, 5) is 11.5. The minimum Gasteiger partial charge on any atom is -0.439 e. The SMILES string of the molecule is C[C@H]1CCCCN1c1cc(Oc2ccccc2)nc(NC(=S)NCc2ccc(F)cc2)n1. The number of halogens is 1. The van der Waals surface area contributed by atoms with Crippen molar-refractivity contribution in [2.45, 2.75) is 38.8 Å². The lowest BCUT2D eigenvalue weighted by molar-refractivity contribution is 0.457. The van der Waals surface area contributed by atoms with Crippen molar-refractivity contribution in [3.63, 3.8) is 0 Å². The van der Waals surface area contributed by atoms with Crippen LogP contribution in [0.25, 0.3) is 0 Å². The highest BCUT2D eigenvalue weighted by atomic mass is 32.1. The van der Waals surface area contributed by atoms with E-state index < -0.39 is 0 Å². The molecule has 4 rings (SSSR count). The van der Waals surface area contributed by atoms with E-state index in [1.54, 1.807) is 12.1 Å². The first kappa shape index (κ1) is 22.0. The number of para-hydroxylation sites is 1. The highest BCUT2D eigenvalue weighted by Gasteiger charge is 2.21. The lowest BCUT2D eigenvalue weighted by atomic mass is 10.0. The minimum atomic E-state index is -0.266. The van der Waals surface area contributed by atoms with Crippen molar-refractivity contribution in [1.29, 1.82) is 0 Å². The number of anilines is 2. The second-order valence-electron chi connectivity index (χ2n) is 7.78. The van der Waals surface area contributed by atoms with Crippen molar-refractivity contribution in [2.24, 2.45) is 0 Å². The third-order valence-corrected chi connectivity index (χ3v) is 5.59. The number of piperidine rings is 1. The highest BCUT2D eigenvalue weighted by Crippen LogP contribution is 2.28. The van der Waals surface area contributed by atoms with Gasteiger partial charge in [-0.15, -0.1) is 0 Å². The molecule has 2 heterocycles. The first-order valence-corrected chi connectivity index (χ1v) is 11.2. The molecule has 0 aliphatic carbocycles. The molecule has 1 saturated heterocycles. The van der Waals surface area contributed by atoms with E-state index in [2.05, 4.69) is 27.4 Å². The Morgan fingerprint density at radius 3 is 2.66 bits per heavy atom. The summed E-state index contributed by atoms with van der Waals surface area (Å²) in [7, 11) is 0. The molecule has 2 N–H and O–H groups in total. The van der Waals surface area contributed by atoms with Crippen molar-refractivity contribution in [1.82, 2.24) is 15.3 Å². The summed E-state index contributed by atoms with van der Waals surface area (Å²) in [5.41, 5.74) is 0.917. The van der Waals surface area contributed by atoms with E-state index in [1.807, 2.05) is 36.4 Å². The summed E-state index contributed by atoms with van der Waals surface area (Å²) in [6, 6.07) is 18.1. The highest BCUT2D eigenvalue weighted by molar-refractivity contribution is 7.80. The second kappa shape index (κ2) is 10.4. The summed E-state index contributed by atoms with van der Waals surface area (Å²) in [5.74, 6) is 2.05. The zero-order valence-electron chi connectivity index (χ0n) is 17.9. The Kier molecular flexibility index (Phi) is 7.11. The van der Waals surface area contributed by atoms with Gasteiger partial charge in [-0.3, -0.25) is 0 Å². The maximum Gasteiger partial charge on any atom is 0.234 e. The van der Waals surface area contributed by atoms with Crippen LogP contribution in [-0.2, 0) is 6.54 Å². The smallest absolute Gasteiger partial charge is 0.234 e. The fourth-order valence-corrected chi connectivity index (χ4v) is 3.81. The number of rotatable bonds is 6. The van der Waals surface area contributed by atoms with Gasteiger partial charge in [-0.1, -0.05) is 30.3 Å². The molecule has 0 spiro atoms. The second-order valence-corrected chi connectivity index (χ2v) is 8.18. The summed E-state index contributed by atoms with van der Waals surface area (Å²) in [5, 5.41) is 6.55. The van der Waals surface area contributed by atoms with E-state index >= 15 is 0 Å². The molecule has 2 aromatic carbocycles. The molecule has 1 aromatic heterocycles. The zero-order valence-corrected chi connectivity index (χ0v) is 18.7. The summed E-state index contributed by atoms with van der Waals surface area (Å²) < 4.78 is 19.1. The fraction of sp³-hybridized carbons (Fsp3) is 0.292. The average molecular weight is 452 g/mol. The Labute approximate surface area is 192 Å². The van der Waals surface area contributed by atoms with Crippen LogP contribution in [0.5, 0.6) is 11.6 Å². The molecule has 0 saturated carbocycles. The lowest BCUT2D eigenvalue weighted by Crippen LogP contribution is -2.38. The number of hydrogen-bond donors (Lipinski definition) is 2. The molecule has 166 valence electrons. The molecule has 3 aromatic rings. The molecule has 1 fully saturated rings. The van der Waals surface area contributed by atoms with E-state index in [0.717, 1.165) is 30.8 Å². The molecule has 0 bridgehead atoms. The number of benzene rings is 2. The van der Waals surface area contributed by atoms with Gasteiger partial charge in [0.2, 0.25) is 11.8 Å². The molecule has 1 aliphatic rings. The number of hydrogen-bond acceptors (Lipinski definition) is 5. The molecular weight excluding hydrogens is 425 g/mol. The Morgan fingerprint density at radius 1 is 1.12 bits per heavy atom. The third-order valence-electron chi connectivity index (χ3n) is 5.34.